The summed E-state index contributed by atoms with van der Waals surface area (Å²) in [4.78, 5) is 59.3. The molecule has 6 rings (SSSR count). The average molecular weight is 617 g/mol. The number of nitrogens with zero attached hydrogens (tertiary/aromatic N) is 3. The first kappa shape index (κ1) is 30.8. The first-order valence-electron chi connectivity index (χ1n) is 14.5. The highest BCUT2D eigenvalue weighted by atomic mass is 32.1. The van der Waals surface area contributed by atoms with Gasteiger partial charge in [0.25, 0.3) is 5.56 Å². The number of likely N-dealkylation sites (tertiary alicyclic amines) is 1. The summed E-state index contributed by atoms with van der Waals surface area (Å²) in [6.45, 7) is 11.9. The molecule has 14 heteroatoms. The molecule has 0 aromatic carbocycles. The minimum atomic E-state index is -0.910. The van der Waals surface area contributed by atoms with Gasteiger partial charge in [0.1, 0.15) is 28.0 Å². The van der Waals surface area contributed by atoms with Gasteiger partial charge in [0.05, 0.1) is 17.6 Å². The Bertz CT molecular complexity index is 1520. The number of hydrogen-bond donors (Lipinski definition) is 4. The van der Waals surface area contributed by atoms with Crippen LogP contribution in [0.15, 0.2) is 21.2 Å². The summed E-state index contributed by atoms with van der Waals surface area (Å²) in [6, 6.07) is 1.61. The van der Waals surface area contributed by atoms with Crippen molar-refractivity contribution >= 4 is 51.2 Å². The first-order valence-corrected chi connectivity index (χ1v) is 15.4. The van der Waals surface area contributed by atoms with Crippen LogP contribution in [-0.4, -0.2) is 80.5 Å². The van der Waals surface area contributed by atoms with E-state index in [1.807, 2.05) is 53.0 Å². The number of amidine groups is 1. The van der Waals surface area contributed by atoms with Crippen LogP contribution >= 0.6 is 11.3 Å². The lowest BCUT2D eigenvalue weighted by molar-refractivity contribution is -0.163. The Labute approximate surface area is 253 Å². The molecule has 2 aromatic heterocycles. The number of aromatic amines is 1. The highest BCUT2D eigenvalue weighted by molar-refractivity contribution is 7.16. The minimum absolute atomic E-state index is 0.0777. The van der Waals surface area contributed by atoms with E-state index in [2.05, 4.69) is 15.3 Å². The van der Waals surface area contributed by atoms with Crippen molar-refractivity contribution in [2.75, 3.05) is 12.3 Å². The number of fused-ring (bicyclic) bond motifs is 2. The number of H-pyrrole nitrogens is 1. The van der Waals surface area contributed by atoms with Crippen molar-refractivity contribution in [1.82, 2.24) is 20.1 Å². The van der Waals surface area contributed by atoms with E-state index >= 15 is 0 Å². The summed E-state index contributed by atoms with van der Waals surface area (Å²) in [5.41, 5.74) is 5.76. The summed E-state index contributed by atoms with van der Waals surface area (Å²) in [6.07, 6.45) is 0.655. The summed E-state index contributed by atoms with van der Waals surface area (Å²) in [5.74, 6) is -0.129. The number of esters is 1. The molecule has 234 valence electrons. The quantitative estimate of drug-likeness (QED) is 0.364. The van der Waals surface area contributed by atoms with Gasteiger partial charge in [-0.3, -0.25) is 19.9 Å². The number of amides is 2. The van der Waals surface area contributed by atoms with Gasteiger partial charge in [-0.1, -0.05) is 20.8 Å². The Kier molecular flexibility index (Phi) is 7.97. The molecule has 13 nitrogen and oxygen atoms in total. The maximum atomic E-state index is 12.5. The van der Waals surface area contributed by atoms with Crippen molar-refractivity contribution in [2.45, 2.75) is 97.3 Å². The SMILES string of the molecule is CC(C)(C)OC(=O)C1CCN(C(=O)O)C(C(C)(C)C)C1.Nc1c(C2=NC3CCC4NC3N2C(=O)O4)c(=O)[nH]c2sccc12. The molecule has 0 saturated carbocycles. The van der Waals surface area contributed by atoms with Crippen molar-refractivity contribution in [2.24, 2.45) is 16.3 Å². The second-order valence-corrected chi connectivity index (χ2v) is 14.4. The smallest absolute Gasteiger partial charge is 0.418 e. The zero-order valence-corrected chi connectivity index (χ0v) is 26.1. The van der Waals surface area contributed by atoms with Crippen LogP contribution in [-0.2, 0) is 14.3 Å². The van der Waals surface area contributed by atoms with Gasteiger partial charge in [0.2, 0.25) is 0 Å². The van der Waals surface area contributed by atoms with Crippen LogP contribution < -0.4 is 16.6 Å². The number of nitrogen functional groups attached to an aromatic ring is 1. The first-order chi connectivity index (χ1) is 20.0. The molecule has 0 aliphatic carbocycles. The normalized spacial score (nSPS) is 26.8. The number of anilines is 1. The van der Waals surface area contributed by atoms with E-state index in [0.717, 1.165) is 11.8 Å². The zero-order chi connectivity index (χ0) is 31.4. The number of piperidine rings is 2. The fourth-order valence-electron chi connectivity index (χ4n) is 6.13. The molecule has 3 fully saturated rings. The van der Waals surface area contributed by atoms with Gasteiger partial charge in [0, 0.05) is 24.4 Å². The fraction of sp³-hybridized carbons (Fsp3) is 0.621. The highest BCUT2D eigenvalue weighted by Gasteiger charge is 2.50. The zero-order valence-electron chi connectivity index (χ0n) is 25.3. The van der Waals surface area contributed by atoms with Crippen molar-refractivity contribution in [1.29, 1.82) is 0 Å². The van der Waals surface area contributed by atoms with E-state index in [0.29, 0.717) is 42.2 Å². The van der Waals surface area contributed by atoms with E-state index in [1.165, 1.54) is 21.1 Å². The van der Waals surface area contributed by atoms with Crippen molar-refractivity contribution < 1.29 is 29.0 Å². The Morgan fingerprint density at radius 1 is 1.16 bits per heavy atom. The third-order valence-electron chi connectivity index (χ3n) is 8.17. The monoisotopic (exact) mass is 616 g/mol. The molecule has 3 saturated heterocycles. The number of carboxylic acid groups (broad SMARTS) is 1. The third kappa shape index (κ3) is 6.07. The van der Waals surface area contributed by atoms with E-state index in [9.17, 15) is 24.3 Å². The number of aromatic nitrogens is 1. The number of hydrogen-bond acceptors (Lipinski definition) is 10. The average Bonchev–Trinajstić information content (AvgIpc) is 3.53. The number of thiophene rings is 1. The van der Waals surface area contributed by atoms with Gasteiger partial charge in [-0.15, -0.1) is 11.3 Å². The highest BCUT2D eigenvalue weighted by Crippen LogP contribution is 2.36. The van der Waals surface area contributed by atoms with Crippen molar-refractivity contribution in [3.05, 3.63) is 27.4 Å². The lowest BCUT2D eigenvalue weighted by Gasteiger charge is -2.44. The molecule has 6 heterocycles. The lowest BCUT2D eigenvalue weighted by atomic mass is 9.77. The minimum Gasteiger partial charge on any atom is -0.465 e. The fourth-order valence-corrected chi connectivity index (χ4v) is 6.93. The Morgan fingerprint density at radius 3 is 2.53 bits per heavy atom. The van der Waals surface area contributed by atoms with Crippen LogP contribution in [0.1, 0.15) is 72.8 Å². The maximum Gasteiger partial charge on any atom is 0.418 e. The van der Waals surface area contributed by atoms with Crippen LogP contribution in [0, 0.1) is 11.3 Å². The van der Waals surface area contributed by atoms with Crippen LogP contribution in [0.5, 0.6) is 0 Å². The molecule has 43 heavy (non-hydrogen) atoms. The molecule has 2 bridgehead atoms. The Hall–Kier alpha value is -3.65. The van der Waals surface area contributed by atoms with Crippen LogP contribution in [0.4, 0.5) is 15.3 Å². The van der Waals surface area contributed by atoms with E-state index in [-0.39, 0.29) is 52.9 Å². The molecule has 5 atom stereocenters. The molecular weight excluding hydrogens is 576 g/mol. The molecule has 0 radical (unpaired) electrons. The van der Waals surface area contributed by atoms with Crippen molar-refractivity contribution in [3.8, 4) is 0 Å². The number of carbonyl (C=O) groups is 3. The van der Waals surface area contributed by atoms with Crippen LogP contribution in [0.25, 0.3) is 10.2 Å². The summed E-state index contributed by atoms with van der Waals surface area (Å²) >= 11 is 1.41. The molecule has 2 aromatic rings. The second-order valence-electron chi connectivity index (χ2n) is 13.5. The molecule has 5 N–H and O–H groups in total. The Balaban J connectivity index is 0.000000174. The predicted molar refractivity (Wildman–Crippen MR) is 162 cm³/mol. The summed E-state index contributed by atoms with van der Waals surface area (Å²) in [7, 11) is 0. The van der Waals surface area contributed by atoms with Gasteiger partial charge in [-0.25, -0.2) is 14.5 Å². The second kappa shape index (κ2) is 11.1. The molecule has 5 unspecified atom stereocenters. The number of carbonyl (C=O) groups excluding carboxylic acids is 2. The van der Waals surface area contributed by atoms with E-state index in [1.54, 1.807) is 0 Å². The summed E-state index contributed by atoms with van der Waals surface area (Å²) < 4.78 is 10.8. The number of aliphatic imine (C=N–C) groups is 1. The van der Waals surface area contributed by atoms with Crippen molar-refractivity contribution in [3.63, 3.8) is 0 Å². The molecule has 4 aliphatic heterocycles. The number of pyridine rings is 1. The van der Waals surface area contributed by atoms with E-state index < -0.39 is 17.8 Å². The molecule has 4 aliphatic rings. The standard InChI is InChI=1S/C15H27NO4.C14H13N5O3S/c1-14(2,3)11-9-10(7-8-16(11)13(18)19)12(17)20-15(4,5)6;15-9-5-3-4-23-13(5)18-12(20)8(9)11-16-6-1-2-7-17-10(6)19(11)14(21)22-7/h10-11H,7-9H2,1-6H3,(H,18,19);3-4,6-7,10,17H,1-2H2,(H3,15,18,20). The number of nitrogens with two attached hydrogens (primary N) is 1. The van der Waals surface area contributed by atoms with Crippen LogP contribution in [0.2, 0.25) is 0 Å². The van der Waals surface area contributed by atoms with Gasteiger partial charge in [-0.2, -0.15) is 0 Å². The molecular formula is C29H40N6O7S. The third-order valence-corrected chi connectivity index (χ3v) is 9.00. The predicted octanol–water partition coefficient (Wildman–Crippen LogP) is 3.92. The van der Waals surface area contributed by atoms with E-state index in [4.69, 9.17) is 15.2 Å². The Morgan fingerprint density at radius 2 is 1.88 bits per heavy atom. The largest absolute Gasteiger partial charge is 0.465 e. The number of rotatable bonds is 2. The van der Waals surface area contributed by atoms with Gasteiger partial charge < -0.3 is 30.2 Å². The topological polar surface area (TPSA) is 180 Å². The van der Waals surface area contributed by atoms with Gasteiger partial charge >= 0.3 is 18.2 Å². The molecule has 2 amide bonds. The lowest BCUT2D eigenvalue weighted by Crippen LogP contribution is -2.64. The number of ether oxygens (including phenoxy) is 2. The number of nitrogens with one attached hydrogen (secondary N) is 2. The van der Waals surface area contributed by atoms with Gasteiger partial charge in [-0.05, 0) is 56.9 Å². The van der Waals surface area contributed by atoms with Crippen LogP contribution in [0.3, 0.4) is 0 Å². The van der Waals surface area contributed by atoms with Gasteiger partial charge in [0.15, 0.2) is 6.23 Å². The summed E-state index contributed by atoms with van der Waals surface area (Å²) in [5, 5.41) is 15.1. The molecule has 0 spiro atoms. The maximum absolute atomic E-state index is 12.5.